The van der Waals surface area contributed by atoms with Gasteiger partial charge in [0.15, 0.2) is 0 Å². The highest BCUT2D eigenvalue weighted by Crippen LogP contribution is 2.24. The Balaban J connectivity index is 2.93. The van der Waals surface area contributed by atoms with E-state index in [2.05, 4.69) is 0 Å². The molecule has 0 amide bonds. The van der Waals surface area contributed by atoms with E-state index >= 15 is 0 Å². The Kier molecular flexibility index (Phi) is 2.71. The zero-order valence-corrected chi connectivity index (χ0v) is 6.86. The third-order valence-electron chi connectivity index (χ3n) is 1.19. The fourth-order valence-corrected chi connectivity index (χ4v) is 0.915. The molecule has 0 aromatic heterocycles. The third-order valence-corrected chi connectivity index (χ3v) is 1.51. The normalized spacial score (nSPS) is 9.73. The molecule has 0 aliphatic heterocycles. The fourth-order valence-electron chi connectivity index (χ4n) is 0.743. The minimum atomic E-state index is -0.335. The molecular weight excluding hydrogens is 167 g/mol. The van der Waals surface area contributed by atoms with Crippen LogP contribution in [0, 0.1) is 5.82 Å². The van der Waals surface area contributed by atoms with Crippen molar-refractivity contribution in [1.29, 1.82) is 0 Å². The van der Waals surface area contributed by atoms with Crippen LogP contribution >= 0.6 is 11.6 Å². The Morgan fingerprint density at radius 1 is 1.55 bits per heavy atom. The Bertz CT molecular complexity index is 250. The third kappa shape index (κ3) is 2.09. The quantitative estimate of drug-likeness (QED) is 0.670. The second-order valence-corrected chi connectivity index (χ2v) is 2.41. The van der Waals surface area contributed by atoms with Gasteiger partial charge in [-0.3, -0.25) is 0 Å². The molecule has 0 bridgehead atoms. The first-order valence-corrected chi connectivity index (χ1v) is 3.69. The van der Waals surface area contributed by atoms with Gasteiger partial charge in [0.05, 0.1) is 11.6 Å². The van der Waals surface area contributed by atoms with E-state index in [1.165, 1.54) is 18.2 Å². The molecular formula is C8H8ClFO. The van der Waals surface area contributed by atoms with Gasteiger partial charge < -0.3 is 4.74 Å². The molecule has 1 rings (SSSR count). The number of hydrogen-bond acceptors (Lipinski definition) is 1. The minimum Gasteiger partial charge on any atom is -0.492 e. The SMILES string of the molecule is CCOc1cc(F)ccc1Cl. The summed E-state index contributed by atoms with van der Waals surface area (Å²) >= 11 is 5.68. The number of ether oxygens (including phenoxy) is 1. The maximum Gasteiger partial charge on any atom is 0.140 e. The Hall–Kier alpha value is -0.760. The van der Waals surface area contributed by atoms with Crippen LogP contribution in [-0.2, 0) is 0 Å². The second-order valence-electron chi connectivity index (χ2n) is 2.01. The summed E-state index contributed by atoms with van der Waals surface area (Å²) in [5.41, 5.74) is 0. The fraction of sp³-hybridized carbons (Fsp3) is 0.250. The van der Waals surface area contributed by atoms with Crippen molar-refractivity contribution in [3.8, 4) is 5.75 Å². The lowest BCUT2D eigenvalue weighted by molar-refractivity contribution is 0.338. The summed E-state index contributed by atoms with van der Waals surface area (Å²) in [4.78, 5) is 0. The predicted molar refractivity (Wildman–Crippen MR) is 42.6 cm³/mol. The van der Waals surface area contributed by atoms with Crippen LogP contribution in [0.3, 0.4) is 0 Å². The van der Waals surface area contributed by atoms with E-state index in [9.17, 15) is 4.39 Å². The smallest absolute Gasteiger partial charge is 0.140 e. The maximum atomic E-state index is 12.5. The molecule has 60 valence electrons. The Labute approximate surface area is 69.7 Å². The van der Waals surface area contributed by atoms with Gasteiger partial charge in [-0.25, -0.2) is 4.39 Å². The lowest BCUT2D eigenvalue weighted by atomic mass is 10.3. The average molecular weight is 175 g/mol. The van der Waals surface area contributed by atoms with Crippen LogP contribution in [0.15, 0.2) is 18.2 Å². The molecule has 0 atom stereocenters. The van der Waals surface area contributed by atoms with E-state index < -0.39 is 0 Å². The molecule has 0 saturated heterocycles. The first kappa shape index (κ1) is 8.34. The van der Waals surface area contributed by atoms with E-state index in [4.69, 9.17) is 16.3 Å². The van der Waals surface area contributed by atoms with Gasteiger partial charge in [-0.05, 0) is 19.1 Å². The minimum absolute atomic E-state index is 0.335. The van der Waals surface area contributed by atoms with E-state index in [0.717, 1.165) is 0 Å². The molecule has 0 N–H and O–H groups in total. The molecule has 1 aromatic rings. The van der Waals surface area contributed by atoms with Gasteiger partial charge in [0.25, 0.3) is 0 Å². The second kappa shape index (κ2) is 3.58. The Morgan fingerprint density at radius 3 is 2.91 bits per heavy atom. The van der Waals surface area contributed by atoms with Gasteiger partial charge in [0.2, 0.25) is 0 Å². The van der Waals surface area contributed by atoms with Crippen LogP contribution in [0.1, 0.15) is 6.92 Å². The number of hydrogen-bond donors (Lipinski definition) is 0. The standard InChI is InChI=1S/C8H8ClFO/c1-2-11-8-5-6(10)3-4-7(8)9/h3-5H,2H2,1H3. The molecule has 0 heterocycles. The van der Waals surface area contributed by atoms with Gasteiger partial charge in [-0.1, -0.05) is 11.6 Å². The first-order valence-electron chi connectivity index (χ1n) is 3.32. The summed E-state index contributed by atoms with van der Waals surface area (Å²) < 4.78 is 17.6. The molecule has 3 heteroatoms. The molecule has 1 aromatic carbocycles. The van der Waals surface area contributed by atoms with Gasteiger partial charge in [-0.15, -0.1) is 0 Å². The van der Waals surface area contributed by atoms with Crippen LogP contribution in [0.5, 0.6) is 5.75 Å². The van der Waals surface area contributed by atoms with Crippen molar-refractivity contribution in [1.82, 2.24) is 0 Å². The molecule has 1 nitrogen and oxygen atoms in total. The van der Waals surface area contributed by atoms with Crippen LogP contribution in [-0.4, -0.2) is 6.61 Å². The van der Waals surface area contributed by atoms with Gasteiger partial charge >= 0.3 is 0 Å². The van der Waals surface area contributed by atoms with Crippen LogP contribution in [0.25, 0.3) is 0 Å². The lowest BCUT2D eigenvalue weighted by Crippen LogP contribution is -1.92. The first-order chi connectivity index (χ1) is 5.24. The summed E-state index contributed by atoms with van der Waals surface area (Å²) in [5, 5.41) is 0.438. The summed E-state index contributed by atoms with van der Waals surface area (Å²) in [6.45, 7) is 2.31. The predicted octanol–water partition coefficient (Wildman–Crippen LogP) is 2.88. The molecule has 0 unspecified atom stereocenters. The van der Waals surface area contributed by atoms with E-state index in [0.29, 0.717) is 17.4 Å². The van der Waals surface area contributed by atoms with E-state index in [1.807, 2.05) is 6.92 Å². The highest BCUT2D eigenvalue weighted by atomic mass is 35.5. The van der Waals surface area contributed by atoms with Crippen molar-refractivity contribution in [2.75, 3.05) is 6.61 Å². The van der Waals surface area contributed by atoms with Crippen molar-refractivity contribution in [3.05, 3.63) is 29.0 Å². The molecule has 0 spiro atoms. The highest BCUT2D eigenvalue weighted by Gasteiger charge is 2.00. The van der Waals surface area contributed by atoms with E-state index in [1.54, 1.807) is 0 Å². The van der Waals surface area contributed by atoms with Crippen LogP contribution in [0.4, 0.5) is 4.39 Å². The highest BCUT2D eigenvalue weighted by molar-refractivity contribution is 6.32. The maximum absolute atomic E-state index is 12.5. The molecule has 0 radical (unpaired) electrons. The van der Waals surface area contributed by atoms with Gasteiger partial charge in [0, 0.05) is 6.07 Å². The molecule has 11 heavy (non-hydrogen) atoms. The number of halogens is 2. The molecule has 0 fully saturated rings. The monoisotopic (exact) mass is 174 g/mol. The summed E-state index contributed by atoms with van der Waals surface area (Å²) in [6, 6.07) is 4.04. The van der Waals surface area contributed by atoms with Crippen molar-refractivity contribution in [3.63, 3.8) is 0 Å². The zero-order chi connectivity index (χ0) is 8.27. The van der Waals surface area contributed by atoms with Crippen molar-refractivity contribution >= 4 is 11.6 Å². The zero-order valence-electron chi connectivity index (χ0n) is 6.10. The summed E-state index contributed by atoms with van der Waals surface area (Å²) in [5.74, 6) is 0.0621. The van der Waals surface area contributed by atoms with Crippen LogP contribution < -0.4 is 4.74 Å². The van der Waals surface area contributed by atoms with Crippen molar-refractivity contribution in [2.24, 2.45) is 0 Å². The van der Waals surface area contributed by atoms with E-state index in [-0.39, 0.29) is 5.82 Å². The summed E-state index contributed by atoms with van der Waals surface area (Å²) in [7, 11) is 0. The van der Waals surface area contributed by atoms with Gasteiger partial charge in [-0.2, -0.15) is 0 Å². The molecule has 0 aliphatic carbocycles. The number of benzene rings is 1. The Morgan fingerprint density at radius 2 is 2.27 bits per heavy atom. The number of rotatable bonds is 2. The van der Waals surface area contributed by atoms with Crippen LogP contribution in [0.2, 0.25) is 5.02 Å². The van der Waals surface area contributed by atoms with Crippen molar-refractivity contribution < 1.29 is 9.13 Å². The topological polar surface area (TPSA) is 9.23 Å². The summed E-state index contributed by atoms with van der Waals surface area (Å²) in [6.07, 6.45) is 0. The molecule has 0 aliphatic rings. The molecule has 0 saturated carbocycles. The lowest BCUT2D eigenvalue weighted by Gasteiger charge is -2.03. The van der Waals surface area contributed by atoms with Gasteiger partial charge in [0.1, 0.15) is 11.6 Å². The average Bonchev–Trinajstić information content (AvgIpc) is 1.98. The largest absolute Gasteiger partial charge is 0.492 e. The van der Waals surface area contributed by atoms with Crippen molar-refractivity contribution in [2.45, 2.75) is 6.92 Å².